The Balaban J connectivity index is 2.45. The van der Waals surface area contributed by atoms with Gasteiger partial charge in [0.25, 0.3) is 11.8 Å². The minimum absolute atomic E-state index is 0.316. The molecule has 1 aliphatic heterocycles. The third-order valence-electron chi connectivity index (χ3n) is 2.62. The zero-order valence-corrected chi connectivity index (χ0v) is 9.59. The van der Waals surface area contributed by atoms with E-state index in [4.69, 9.17) is 10.2 Å². The quantitative estimate of drug-likeness (QED) is 0.600. The van der Waals surface area contributed by atoms with Crippen LogP contribution in [0.1, 0.15) is 13.8 Å². The van der Waals surface area contributed by atoms with E-state index < -0.39 is 12.2 Å². The third-order valence-corrected chi connectivity index (χ3v) is 2.62. The van der Waals surface area contributed by atoms with Crippen molar-refractivity contribution in [2.75, 3.05) is 26.2 Å². The minimum Gasteiger partial charge on any atom is -0.384 e. The summed E-state index contributed by atoms with van der Waals surface area (Å²) in [6.07, 6.45) is -2.00. The van der Waals surface area contributed by atoms with Crippen LogP contribution in [0.5, 0.6) is 0 Å². The molecule has 2 amide bonds. The van der Waals surface area contributed by atoms with Crippen molar-refractivity contribution in [1.82, 2.24) is 9.80 Å². The molecule has 0 saturated carbocycles. The van der Waals surface area contributed by atoms with Crippen LogP contribution in [0.15, 0.2) is 0 Å². The smallest absolute Gasteiger partial charge is 0.251 e. The summed E-state index contributed by atoms with van der Waals surface area (Å²) in [5.74, 6) is -0.631. The molecule has 1 aliphatic rings. The summed E-state index contributed by atoms with van der Waals surface area (Å²) in [5.41, 5.74) is 0. The summed E-state index contributed by atoms with van der Waals surface area (Å²) in [4.78, 5) is 25.9. The van der Waals surface area contributed by atoms with Crippen LogP contribution >= 0.6 is 0 Å². The van der Waals surface area contributed by atoms with Crippen molar-refractivity contribution in [3.8, 4) is 0 Å². The molecule has 2 atom stereocenters. The van der Waals surface area contributed by atoms with Crippen LogP contribution in [-0.4, -0.2) is 70.2 Å². The second-order valence-electron chi connectivity index (χ2n) is 4.00. The van der Waals surface area contributed by atoms with Crippen molar-refractivity contribution in [2.45, 2.75) is 26.1 Å². The molecule has 1 fully saturated rings. The number of rotatable bonds is 2. The maximum Gasteiger partial charge on any atom is 0.251 e. The van der Waals surface area contributed by atoms with Crippen molar-refractivity contribution >= 4 is 11.8 Å². The summed E-state index contributed by atoms with van der Waals surface area (Å²) >= 11 is 0. The van der Waals surface area contributed by atoms with Gasteiger partial charge < -0.3 is 20.0 Å². The molecule has 0 aromatic carbocycles. The maximum atomic E-state index is 11.4. The Bertz CT molecular complexity index is 242. The average Bonchev–Trinajstić information content (AvgIpc) is 2.27. The van der Waals surface area contributed by atoms with Crippen LogP contribution in [-0.2, 0) is 9.59 Å². The summed E-state index contributed by atoms with van der Waals surface area (Å²) < 4.78 is 0. The van der Waals surface area contributed by atoms with Crippen LogP contribution < -0.4 is 0 Å². The van der Waals surface area contributed by atoms with Gasteiger partial charge in [-0.3, -0.25) is 9.59 Å². The fourth-order valence-electron chi connectivity index (χ4n) is 1.68. The van der Waals surface area contributed by atoms with E-state index >= 15 is 0 Å². The Labute approximate surface area is 94.4 Å². The SMILES string of the molecule is CC(O)C(=O)N1CCN(C(=O)C(C)O)CC1. The van der Waals surface area contributed by atoms with Crippen molar-refractivity contribution in [3.63, 3.8) is 0 Å². The molecule has 6 nitrogen and oxygen atoms in total. The van der Waals surface area contributed by atoms with E-state index in [1.165, 1.54) is 23.6 Å². The second-order valence-corrected chi connectivity index (χ2v) is 4.00. The number of carbonyl (C=O) groups is 2. The lowest BCUT2D eigenvalue weighted by Gasteiger charge is -2.35. The number of hydrogen-bond donors (Lipinski definition) is 2. The molecular weight excluding hydrogens is 212 g/mol. The Morgan fingerprint density at radius 1 is 0.875 bits per heavy atom. The number of hydrogen-bond acceptors (Lipinski definition) is 4. The highest BCUT2D eigenvalue weighted by atomic mass is 16.3. The molecule has 2 unspecified atom stereocenters. The van der Waals surface area contributed by atoms with E-state index in [-0.39, 0.29) is 11.8 Å². The van der Waals surface area contributed by atoms with Gasteiger partial charge >= 0.3 is 0 Å². The van der Waals surface area contributed by atoms with Crippen LogP contribution in [0.2, 0.25) is 0 Å². The van der Waals surface area contributed by atoms with Crippen LogP contribution in [0.4, 0.5) is 0 Å². The van der Waals surface area contributed by atoms with Crippen LogP contribution in [0, 0.1) is 0 Å². The molecule has 1 heterocycles. The highest BCUT2D eigenvalue weighted by Crippen LogP contribution is 2.05. The lowest BCUT2D eigenvalue weighted by atomic mass is 10.2. The van der Waals surface area contributed by atoms with Gasteiger partial charge in [-0.25, -0.2) is 0 Å². The zero-order valence-electron chi connectivity index (χ0n) is 9.59. The van der Waals surface area contributed by atoms with Crippen LogP contribution in [0.25, 0.3) is 0 Å². The van der Waals surface area contributed by atoms with Gasteiger partial charge in [-0.05, 0) is 13.8 Å². The lowest BCUT2D eigenvalue weighted by Crippen LogP contribution is -2.54. The molecule has 16 heavy (non-hydrogen) atoms. The van der Waals surface area contributed by atoms with Crippen molar-refractivity contribution < 1.29 is 19.8 Å². The monoisotopic (exact) mass is 230 g/mol. The topological polar surface area (TPSA) is 81.1 Å². The van der Waals surface area contributed by atoms with E-state index in [9.17, 15) is 9.59 Å². The zero-order chi connectivity index (χ0) is 12.3. The Hall–Kier alpha value is -1.14. The van der Waals surface area contributed by atoms with Gasteiger partial charge in [-0.1, -0.05) is 0 Å². The second kappa shape index (κ2) is 5.27. The number of carbonyl (C=O) groups excluding carboxylic acids is 2. The molecule has 0 bridgehead atoms. The highest BCUT2D eigenvalue weighted by molar-refractivity contribution is 5.82. The van der Waals surface area contributed by atoms with Gasteiger partial charge in [-0.15, -0.1) is 0 Å². The molecule has 6 heteroatoms. The number of piperazine rings is 1. The van der Waals surface area contributed by atoms with Gasteiger partial charge in [0.2, 0.25) is 0 Å². The Morgan fingerprint density at radius 2 is 1.12 bits per heavy atom. The largest absolute Gasteiger partial charge is 0.384 e. The molecule has 0 radical (unpaired) electrons. The number of aliphatic hydroxyl groups is 2. The first kappa shape index (κ1) is 12.9. The standard InChI is InChI=1S/C10H18N2O4/c1-7(13)9(15)11-3-5-12(6-4-11)10(16)8(2)14/h7-8,13-14H,3-6H2,1-2H3. The first-order valence-corrected chi connectivity index (χ1v) is 5.37. The predicted octanol–water partition coefficient (Wildman–Crippen LogP) is -1.58. The van der Waals surface area contributed by atoms with E-state index in [0.717, 1.165) is 0 Å². The summed E-state index contributed by atoms with van der Waals surface area (Å²) in [5, 5.41) is 18.2. The van der Waals surface area contributed by atoms with Crippen molar-refractivity contribution in [3.05, 3.63) is 0 Å². The molecule has 0 aromatic rings. The van der Waals surface area contributed by atoms with Gasteiger partial charge in [0, 0.05) is 26.2 Å². The number of nitrogens with zero attached hydrogens (tertiary/aromatic N) is 2. The predicted molar refractivity (Wildman–Crippen MR) is 56.5 cm³/mol. The Morgan fingerprint density at radius 3 is 1.31 bits per heavy atom. The Kier molecular flexibility index (Phi) is 4.26. The van der Waals surface area contributed by atoms with Crippen molar-refractivity contribution in [2.24, 2.45) is 0 Å². The van der Waals surface area contributed by atoms with E-state index in [1.54, 1.807) is 0 Å². The fraction of sp³-hybridized carbons (Fsp3) is 0.800. The normalized spacial score (nSPS) is 20.5. The van der Waals surface area contributed by atoms with Crippen molar-refractivity contribution in [1.29, 1.82) is 0 Å². The first-order chi connectivity index (χ1) is 7.43. The summed E-state index contributed by atoms with van der Waals surface area (Å²) in [6.45, 7) is 4.47. The molecule has 1 rings (SSSR count). The third kappa shape index (κ3) is 2.93. The minimum atomic E-state index is -1.00. The number of aliphatic hydroxyl groups excluding tert-OH is 2. The molecule has 0 aliphatic carbocycles. The lowest BCUT2D eigenvalue weighted by molar-refractivity contribution is -0.147. The fourth-order valence-corrected chi connectivity index (χ4v) is 1.68. The molecule has 0 aromatic heterocycles. The van der Waals surface area contributed by atoms with E-state index in [0.29, 0.717) is 26.2 Å². The van der Waals surface area contributed by atoms with E-state index in [1.807, 2.05) is 0 Å². The van der Waals surface area contributed by atoms with Gasteiger partial charge in [0.05, 0.1) is 0 Å². The van der Waals surface area contributed by atoms with E-state index in [2.05, 4.69) is 0 Å². The van der Waals surface area contributed by atoms with Gasteiger partial charge in [0.15, 0.2) is 0 Å². The molecule has 92 valence electrons. The van der Waals surface area contributed by atoms with Gasteiger partial charge in [0.1, 0.15) is 12.2 Å². The highest BCUT2D eigenvalue weighted by Gasteiger charge is 2.27. The van der Waals surface area contributed by atoms with Crippen LogP contribution in [0.3, 0.4) is 0 Å². The van der Waals surface area contributed by atoms with Gasteiger partial charge in [-0.2, -0.15) is 0 Å². The molecule has 2 N–H and O–H groups in total. The molecular formula is C10H18N2O4. The maximum absolute atomic E-state index is 11.4. The summed E-state index contributed by atoms with van der Waals surface area (Å²) in [7, 11) is 0. The first-order valence-electron chi connectivity index (χ1n) is 5.37. The average molecular weight is 230 g/mol. The number of amides is 2. The summed E-state index contributed by atoms with van der Waals surface area (Å²) in [6, 6.07) is 0. The molecule has 0 spiro atoms. The molecule has 1 saturated heterocycles.